The summed E-state index contributed by atoms with van der Waals surface area (Å²) in [4.78, 5) is 8.93. The Morgan fingerprint density at radius 2 is 1.93 bits per heavy atom. The number of hydrogen-bond acceptors (Lipinski definition) is 3. The van der Waals surface area contributed by atoms with Gasteiger partial charge >= 0.3 is 0 Å². The number of fused-ring (bicyclic) bond motifs is 1. The van der Waals surface area contributed by atoms with E-state index in [1.165, 1.54) is 6.07 Å². The minimum Gasteiger partial charge on any atom is -0.377 e. The highest BCUT2D eigenvalue weighted by Gasteiger charge is 2.59. The van der Waals surface area contributed by atoms with Gasteiger partial charge in [-0.15, -0.1) is 24.0 Å². The van der Waals surface area contributed by atoms with Crippen molar-refractivity contribution in [1.29, 1.82) is 0 Å². The molecule has 0 amide bonds. The Kier molecular flexibility index (Phi) is 6.20. The molecule has 3 unspecified atom stereocenters. The van der Waals surface area contributed by atoms with Gasteiger partial charge in [0.15, 0.2) is 5.96 Å². The molecule has 0 radical (unpaired) electrons. The zero-order valence-electron chi connectivity index (χ0n) is 16.3. The number of ether oxygens (including phenoxy) is 1. The third-order valence-electron chi connectivity index (χ3n) is 6.37. The number of nitrogens with one attached hydrogen (secondary N) is 1. The zero-order valence-corrected chi connectivity index (χ0v) is 18.7. The van der Waals surface area contributed by atoms with Crippen molar-refractivity contribution in [3.63, 3.8) is 0 Å². The first-order chi connectivity index (χ1) is 12.5. The summed E-state index contributed by atoms with van der Waals surface area (Å²) < 4.78 is 19.9. The molecule has 1 saturated carbocycles. The van der Waals surface area contributed by atoms with Crippen molar-refractivity contribution in [2.75, 3.05) is 44.7 Å². The number of guanidine groups is 1. The van der Waals surface area contributed by atoms with Crippen LogP contribution in [-0.2, 0) is 4.74 Å². The molecule has 27 heavy (non-hydrogen) atoms. The van der Waals surface area contributed by atoms with E-state index < -0.39 is 0 Å². The highest BCUT2D eigenvalue weighted by atomic mass is 127. The third-order valence-corrected chi connectivity index (χ3v) is 6.37. The zero-order chi connectivity index (χ0) is 18.3. The number of rotatable bonds is 2. The van der Waals surface area contributed by atoms with E-state index >= 15 is 0 Å². The first kappa shape index (κ1) is 20.6. The summed E-state index contributed by atoms with van der Waals surface area (Å²) >= 11 is 0. The molecule has 5 nitrogen and oxygen atoms in total. The van der Waals surface area contributed by atoms with Gasteiger partial charge in [-0.05, 0) is 18.6 Å². The fraction of sp³-hybridized carbons (Fsp3) is 0.650. The second-order valence-corrected chi connectivity index (χ2v) is 8.16. The van der Waals surface area contributed by atoms with Crippen LogP contribution in [0.3, 0.4) is 0 Å². The highest BCUT2D eigenvalue weighted by Crippen LogP contribution is 2.52. The Hall–Kier alpha value is -1.09. The monoisotopic (exact) mass is 488 g/mol. The number of benzene rings is 1. The van der Waals surface area contributed by atoms with Gasteiger partial charge in [-0.3, -0.25) is 4.99 Å². The molecule has 2 saturated heterocycles. The molecule has 3 atom stereocenters. The van der Waals surface area contributed by atoms with E-state index in [-0.39, 0.29) is 35.2 Å². The van der Waals surface area contributed by atoms with Crippen LogP contribution in [0.25, 0.3) is 0 Å². The lowest BCUT2D eigenvalue weighted by Crippen LogP contribution is -2.68. The second-order valence-electron chi connectivity index (χ2n) is 8.16. The van der Waals surface area contributed by atoms with Crippen molar-refractivity contribution in [3.05, 3.63) is 30.1 Å². The van der Waals surface area contributed by atoms with Crippen LogP contribution in [0.4, 0.5) is 10.1 Å². The molecule has 1 aliphatic carbocycles. The molecule has 7 heteroatoms. The number of anilines is 1. The average Bonchev–Trinajstić information content (AvgIpc) is 3.10. The predicted octanol–water partition coefficient (Wildman–Crippen LogP) is 2.95. The first-order valence-corrected chi connectivity index (χ1v) is 9.61. The summed E-state index contributed by atoms with van der Waals surface area (Å²) in [5, 5.41) is 3.70. The van der Waals surface area contributed by atoms with Gasteiger partial charge in [0.05, 0.1) is 11.8 Å². The van der Waals surface area contributed by atoms with E-state index in [2.05, 4.69) is 34.0 Å². The predicted molar refractivity (Wildman–Crippen MR) is 118 cm³/mol. The van der Waals surface area contributed by atoms with Crippen molar-refractivity contribution < 1.29 is 9.13 Å². The molecule has 1 N–H and O–H groups in total. The second kappa shape index (κ2) is 8.11. The quantitative estimate of drug-likeness (QED) is 0.395. The molecule has 0 aromatic heterocycles. The van der Waals surface area contributed by atoms with Crippen LogP contribution in [0, 0.1) is 17.2 Å². The maximum absolute atomic E-state index is 14.0. The Balaban J connectivity index is 0.00000210. The van der Waals surface area contributed by atoms with E-state index in [1.54, 1.807) is 6.07 Å². The van der Waals surface area contributed by atoms with Crippen molar-refractivity contribution in [2.24, 2.45) is 16.3 Å². The standard InChI is InChI=1S/C20H29FN4O.HI/c1-20(2)17(14-8-13-26-18(14)20)23-19(22-3)25-11-9-24(10-12-25)16-7-5-4-6-15(16)21;/h4-7,14,17-18H,8-13H2,1-3H3,(H,22,23);1H. The third kappa shape index (κ3) is 3.64. The summed E-state index contributed by atoms with van der Waals surface area (Å²) in [5.41, 5.74) is 0.827. The van der Waals surface area contributed by atoms with Gasteiger partial charge in [0.2, 0.25) is 0 Å². The van der Waals surface area contributed by atoms with Gasteiger partial charge < -0.3 is 19.9 Å². The fourth-order valence-corrected chi connectivity index (χ4v) is 4.92. The lowest BCUT2D eigenvalue weighted by molar-refractivity contribution is -0.107. The molecule has 3 fully saturated rings. The Labute approximate surface area is 178 Å². The lowest BCUT2D eigenvalue weighted by Gasteiger charge is -2.55. The topological polar surface area (TPSA) is 40.1 Å². The minimum absolute atomic E-state index is 0. The first-order valence-electron chi connectivity index (χ1n) is 9.61. The van der Waals surface area contributed by atoms with Gasteiger partial charge in [0.1, 0.15) is 5.82 Å². The molecular formula is C20H30FIN4O. The molecule has 0 bridgehead atoms. The Bertz CT molecular complexity index is 690. The summed E-state index contributed by atoms with van der Waals surface area (Å²) in [6.07, 6.45) is 1.50. The number of para-hydroxylation sites is 1. The van der Waals surface area contributed by atoms with E-state index in [1.807, 2.05) is 19.2 Å². The lowest BCUT2D eigenvalue weighted by atomic mass is 9.57. The van der Waals surface area contributed by atoms with E-state index in [0.29, 0.717) is 23.8 Å². The van der Waals surface area contributed by atoms with Crippen LogP contribution in [0.2, 0.25) is 0 Å². The highest BCUT2D eigenvalue weighted by molar-refractivity contribution is 14.0. The van der Waals surface area contributed by atoms with Crippen LogP contribution in [0.15, 0.2) is 29.3 Å². The molecule has 1 aromatic carbocycles. The minimum atomic E-state index is -0.146. The van der Waals surface area contributed by atoms with Crippen LogP contribution in [-0.4, -0.2) is 62.8 Å². The Morgan fingerprint density at radius 1 is 1.22 bits per heavy atom. The van der Waals surface area contributed by atoms with E-state index in [0.717, 1.165) is 45.2 Å². The summed E-state index contributed by atoms with van der Waals surface area (Å²) in [6, 6.07) is 7.42. The normalized spacial score (nSPS) is 29.6. The van der Waals surface area contributed by atoms with E-state index in [4.69, 9.17) is 4.74 Å². The van der Waals surface area contributed by atoms with Crippen LogP contribution in [0.5, 0.6) is 0 Å². The fourth-order valence-electron chi connectivity index (χ4n) is 4.92. The van der Waals surface area contributed by atoms with Crippen LogP contribution in [0.1, 0.15) is 20.3 Å². The van der Waals surface area contributed by atoms with Crippen molar-refractivity contribution in [3.8, 4) is 0 Å². The van der Waals surface area contributed by atoms with Crippen LogP contribution < -0.4 is 10.2 Å². The molecule has 4 rings (SSSR count). The van der Waals surface area contributed by atoms with Gasteiger partial charge in [0, 0.05) is 57.2 Å². The molecule has 2 heterocycles. The van der Waals surface area contributed by atoms with Gasteiger partial charge in [-0.2, -0.15) is 0 Å². The average molecular weight is 488 g/mol. The number of aliphatic imine (C=N–C) groups is 1. The maximum atomic E-state index is 14.0. The van der Waals surface area contributed by atoms with Crippen molar-refractivity contribution in [2.45, 2.75) is 32.4 Å². The number of nitrogens with zero attached hydrogens (tertiary/aromatic N) is 3. The van der Waals surface area contributed by atoms with Gasteiger partial charge in [0.25, 0.3) is 0 Å². The smallest absolute Gasteiger partial charge is 0.194 e. The number of piperazine rings is 1. The molecule has 150 valence electrons. The van der Waals surface area contributed by atoms with Gasteiger partial charge in [-0.25, -0.2) is 4.39 Å². The number of hydrogen-bond donors (Lipinski definition) is 1. The van der Waals surface area contributed by atoms with Gasteiger partial charge in [-0.1, -0.05) is 26.0 Å². The van der Waals surface area contributed by atoms with Crippen LogP contribution >= 0.6 is 24.0 Å². The summed E-state index contributed by atoms with van der Waals surface area (Å²) in [5.74, 6) is 1.40. The Morgan fingerprint density at radius 3 is 2.59 bits per heavy atom. The molecule has 0 spiro atoms. The van der Waals surface area contributed by atoms with Crippen molar-refractivity contribution in [1.82, 2.24) is 10.2 Å². The maximum Gasteiger partial charge on any atom is 0.194 e. The number of halogens is 2. The largest absolute Gasteiger partial charge is 0.377 e. The molecule has 2 aliphatic heterocycles. The molecular weight excluding hydrogens is 458 g/mol. The van der Waals surface area contributed by atoms with E-state index in [9.17, 15) is 4.39 Å². The summed E-state index contributed by atoms with van der Waals surface area (Å²) in [7, 11) is 1.85. The summed E-state index contributed by atoms with van der Waals surface area (Å²) in [6.45, 7) is 8.70. The van der Waals surface area contributed by atoms with Crippen molar-refractivity contribution >= 4 is 35.6 Å². The molecule has 3 aliphatic rings. The SMILES string of the molecule is CN=C(NC1C2CCOC2C1(C)C)N1CCN(c2ccccc2F)CC1.I. The molecule has 1 aromatic rings.